The van der Waals surface area contributed by atoms with E-state index in [9.17, 15) is 8.42 Å². The first kappa shape index (κ1) is 15.0. The molecule has 0 fully saturated rings. The molecule has 9 heteroatoms. The molecule has 104 valence electrons. The van der Waals surface area contributed by atoms with Crippen molar-refractivity contribution in [2.24, 2.45) is 0 Å². The number of H-pyrrole nitrogens is 1. The average Bonchev–Trinajstić information content (AvgIpc) is 2.82. The number of hydrogen-bond acceptors (Lipinski definition) is 6. The molecular formula is C9H20N6O2S. The van der Waals surface area contributed by atoms with Crippen molar-refractivity contribution in [3.05, 3.63) is 5.82 Å². The van der Waals surface area contributed by atoms with Gasteiger partial charge in [-0.3, -0.25) is 0 Å². The third-order valence-electron chi connectivity index (χ3n) is 2.48. The van der Waals surface area contributed by atoms with Crippen LogP contribution in [0, 0.1) is 0 Å². The van der Waals surface area contributed by atoms with Crippen LogP contribution in [-0.4, -0.2) is 47.4 Å². The maximum atomic E-state index is 12.0. The summed E-state index contributed by atoms with van der Waals surface area (Å²) in [5.74, 6) is 0.326. The van der Waals surface area contributed by atoms with Gasteiger partial charge < -0.3 is 5.32 Å². The van der Waals surface area contributed by atoms with E-state index < -0.39 is 21.3 Å². The highest BCUT2D eigenvalue weighted by Gasteiger charge is 2.24. The lowest BCUT2D eigenvalue weighted by Gasteiger charge is -2.16. The summed E-state index contributed by atoms with van der Waals surface area (Å²) in [6, 6.07) is -0.498. The Balaban J connectivity index is 2.53. The largest absolute Gasteiger partial charge is 0.315 e. The zero-order valence-corrected chi connectivity index (χ0v) is 11.7. The van der Waals surface area contributed by atoms with Gasteiger partial charge in [-0.1, -0.05) is 12.1 Å². The molecule has 0 aliphatic heterocycles. The lowest BCUT2D eigenvalue weighted by Crippen LogP contribution is -2.40. The predicted octanol–water partition coefficient (Wildman–Crippen LogP) is -0.432. The van der Waals surface area contributed by atoms with E-state index in [0.29, 0.717) is 12.4 Å². The highest BCUT2D eigenvalue weighted by atomic mass is 32.2. The molecule has 2 atom stereocenters. The molecule has 8 nitrogen and oxygen atoms in total. The minimum Gasteiger partial charge on any atom is -0.315 e. The number of hydrogen-bond donors (Lipinski definition) is 3. The molecule has 0 radical (unpaired) electrons. The predicted molar refractivity (Wildman–Crippen MR) is 67.3 cm³/mol. The van der Waals surface area contributed by atoms with E-state index in [-0.39, 0.29) is 0 Å². The van der Waals surface area contributed by atoms with Crippen molar-refractivity contribution in [2.45, 2.75) is 38.5 Å². The fourth-order valence-corrected chi connectivity index (χ4v) is 2.53. The summed E-state index contributed by atoms with van der Waals surface area (Å²) in [5, 5.41) is 15.7. The Morgan fingerprint density at radius 1 is 1.39 bits per heavy atom. The van der Waals surface area contributed by atoms with E-state index in [1.165, 1.54) is 0 Å². The number of tetrazole rings is 1. The lowest BCUT2D eigenvalue weighted by atomic mass is 10.4. The molecule has 0 spiro atoms. The molecule has 0 saturated heterocycles. The molecule has 1 aromatic rings. The van der Waals surface area contributed by atoms with Gasteiger partial charge in [-0.2, -0.15) is 5.21 Å². The molecule has 1 heterocycles. The smallest absolute Gasteiger partial charge is 0.216 e. The monoisotopic (exact) mass is 276 g/mol. The van der Waals surface area contributed by atoms with Crippen LogP contribution >= 0.6 is 0 Å². The number of sulfonamides is 1. The van der Waals surface area contributed by atoms with Crippen molar-refractivity contribution in [3.8, 4) is 0 Å². The first-order valence-corrected chi connectivity index (χ1v) is 7.47. The van der Waals surface area contributed by atoms with Crippen LogP contribution in [0.1, 0.15) is 39.1 Å². The molecule has 1 aromatic heterocycles. The average molecular weight is 276 g/mol. The molecular weight excluding hydrogens is 256 g/mol. The van der Waals surface area contributed by atoms with E-state index in [2.05, 4.69) is 30.7 Å². The number of nitrogens with zero attached hydrogens (tertiary/aromatic N) is 3. The zero-order valence-electron chi connectivity index (χ0n) is 10.8. The number of rotatable bonds is 8. The van der Waals surface area contributed by atoms with E-state index >= 15 is 0 Å². The van der Waals surface area contributed by atoms with Gasteiger partial charge in [0.15, 0.2) is 5.82 Å². The highest BCUT2D eigenvalue weighted by molar-refractivity contribution is 7.90. The lowest BCUT2D eigenvalue weighted by molar-refractivity contribution is 0.539. The van der Waals surface area contributed by atoms with E-state index in [0.717, 1.165) is 13.0 Å². The Hall–Kier alpha value is -1.06. The second-order valence-corrected chi connectivity index (χ2v) is 6.30. The van der Waals surface area contributed by atoms with E-state index in [1.807, 2.05) is 6.92 Å². The molecule has 0 bridgehead atoms. The maximum Gasteiger partial charge on any atom is 0.216 e. The van der Waals surface area contributed by atoms with Crippen LogP contribution in [0.5, 0.6) is 0 Å². The highest BCUT2D eigenvalue weighted by Crippen LogP contribution is 2.08. The van der Waals surface area contributed by atoms with Crippen LogP contribution in [0.15, 0.2) is 0 Å². The fraction of sp³-hybridized carbons (Fsp3) is 0.889. The van der Waals surface area contributed by atoms with Crippen LogP contribution in [0.2, 0.25) is 0 Å². The molecule has 3 N–H and O–H groups in total. The number of aromatic amines is 1. The molecule has 0 aliphatic rings. The van der Waals surface area contributed by atoms with Gasteiger partial charge >= 0.3 is 0 Å². The third kappa shape index (κ3) is 4.31. The molecule has 18 heavy (non-hydrogen) atoms. The van der Waals surface area contributed by atoms with Crippen LogP contribution in [0.25, 0.3) is 0 Å². The molecule has 1 rings (SSSR count). The third-order valence-corrected chi connectivity index (χ3v) is 4.39. The molecule has 0 saturated carbocycles. The Morgan fingerprint density at radius 2 is 2.11 bits per heavy atom. The maximum absolute atomic E-state index is 12.0. The Bertz CT molecular complexity index is 432. The Labute approximate surface area is 107 Å². The van der Waals surface area contributed by atoms with Gasteiger partial charge in [-0.05, 0) is 26.8 Å². The van der Waals surface area contributed by atoms with Gasteiger partial charge in [-0.15, -0.1) is 10.2 Å². The minimum absolute atomic E-state index is 0.326. The van der Waals surface area contributed by atoms with Crippen molar-refractivity contribution in [3.63, 3.8) is 0 Å². The van der Waals surface area contributed by atoms with Gasteiger partial charge in [0, 0.05) is 6.54 Å². The summed E-state index contributed by atoms with van der Waals surface area (Å²) in [5.41, 5.74) is 0. The summed E-state index contributed by atoms with van der Waals surface area (Å²) in [6.45, 7) is 6.59. The number of aromatic nitrogens is 4. The fourth-order valence-electron chi connectivity index (χ4n) is 1.36. The second-order valence-electron chi connectivity index (χ2n) is 4.17. The van der Waals surface area contributed by atoms with Gasteiger partial charge in [0.2, 0.25) is 10.0 Å². The van der Waals surface area contributed by atoms with Crippen molar-refractivity contribution in [2.75, 3.05) is 13.1 Å². The zero-order chi connectivity index (χ0) is 13.6. The van der Waals surface area contributed by atoms with Gasteiger partial charge in [0.1, 0.15) is 0 Å². The Kier molecular flexibility index (Phi) is 5.63. The summed E-state index contributed by atoms with van der Waals surface area (Å²) in [6.07, 6.45) is 0.972. The molecule has 0 amide bonds. The topological polar surface area (TPSA) is 113 Å². The van der Waals surface area contributed by atoms with E-state index in [4.69, 9.17) is 0 Å². The first-order chi connectivity index (χ1) is 8.47. The number of nitrogens with one attached hydrogen (secondary N) is 3. The normalized spacial score (nSPS) is 15.5. The SMILES string of the molecule is CCCNCC(C)S(=O)(=O)NC(C)c1nn[nH]n1. The molecule has 0 aliphatic carbocycles. The van der Waals surface area contributed by atoms with Crippen molar-refractivity contribution in [1.29, 1.82) is 0 Å². The van der Waals surface area contributed by atoms with Crippen molar-refractivity contribution >= 4 is 10.0 Å². The summed E-state index contributed by atoms with van der Waals surface area (Å²) >= 11 is 0. The Morgan fingerprint density at radius 3 is 2.67 bits per heavy atom. The van der Waals surface area contributed by atoms with Crippen LogP contribution in [-0.2, 0) is 10.0 Å². The van der Waals surface area contributed by atoms with Crippen LogP contribution < -0.4 is 10.0 Å². The minimum atomic E-state index is -3.40. The molecule has 2 unspecified atom stereocenters. The van der Waals surface area contributed by atoms with Crippen molar-refractivity contribution in [1.82, 2.24) is 30.7 Å². The summed E-state index contributed by atoms with van der Waals surface area (Å²) < 4.78 is 26.5. The van der Waals surface area contributed by atoms with Gasteiger partial charge in [-0.25, -0.2) is 13.1 Å². The summed E-state index contributed by atoms with van der Waals surface area (Å²) in [7, 11) is -3.40. The summed E-state index contributed by atoms with van der Waals surface area (Å²) in [4.78, 5) is 0. The standard InChI is InChI=1S/C9H20N6O2S/c1-4-5-10-6-7(2)18(16,17)13-8(3)9-11-14-15-12-9/h7-8,10,13H,4-6H2,1-3H3,(H,11,12,14,15). The van der Waals surface area contributed by atoms with Gasteiger partial charge in [0.05, 0.1) is 11.3 Å². The quantitative estimate of drug-likeness (QED) is 0.555. The second kappa shape index (κ2) is 6.76. The van der Waals surface area contributed by atoms with Crippen molar-refractivity contribution < 1.29 is 8.42 Å². The van der Waals surface area contributed by atoms with Crippen LogP contribution in [0.4, 0.5) is 0 Å². The van der Waals surface area contributed by atoms with Gasteiger partial charge in [0.25, 0.3) is 0 Å². The first-order valence-electron chi connectivity index (χ1n) is 5.92. The molecule has 0 aromatic carbocycles. The van der Waals surface area contributed by atoms with E-state index in [1.54, 1.807) is 13.8 Å². The van der Waals surface area contributed by atoms with Crippen LogP contribution in [0.3, 0.4) is 0 Å².